The molecule has 1 aromatic rings. The van der Waals surface area contributed by atoms with E-state index in [-0.39, 0.29) is 18.6 Å². The van der Waals surface area contributed by atoms with Gasteiger partial charge < -0.3 is 20.3 Å². The summed E-state index contributed by atoms with van der Waals surface area (Å²) < 4.78 is 5.50. The molecule has 5 heteroatoms. The van der Waals surface area contributed by atoms with E-state index in [0.717, 1.165) is 0 Å². The first-order valence-electron chi connectivity index (χ1n) is 6.22. The fraction of sp³-hybridized carbons (Fsp3) is 0.500. The standard InChI is InChI=1S/C14H21NO4/c1-10(2)19-12-6-4-5-11(7-12)13(17)15-8-14(3,18)9-16/h4-7,10,16,18H,8-9H2,1-3H3,(H,15,17). The van der Waals surface area contributed by atoms with Gasteiger partial charge in [0.2, 0.25) is 0 Å². The summed E-state index contributed by atoms with van der Waals surface area (Å²) in [5.74, 6) is 0.305. The molecule has 1 amide bonds. The van der Waals surface area contributed by atoms with Crippen LogP contribution in [0.5, 0.6) is 5.75 Å². The first-order chi connectivity index (χ1) is 8.84. The van der Waals surface area contributed by atoms with Gasteiger partial charge in [-0.05, 0) is 39.0 Å². The van der Waals surface area contributed by atoms with Crippen LogP contribution in [0.4, 0.5) is 0 Å². The molecule has 5 nitrogen and oxygen atoms in total. The lowest BCUT2D eigenvalue weighted by atomic mass is 10.1. The summed E-state index contributed by atoms with van der Waals surface area (Å²) in [6.07, 6.45) is 0.0356. The van der Waals surface area contributed by atoms with E-state index >= 15 is 0 Å². The van der Waals surface area contributed by atoms with Crippen LogP contribution in [0.1, 0.15) is 31.1 Å². The van der Waals surface area contributed by atoms with Gasteiger partial charge in [0.05, 0.1) is 12.7 Å². The molecular formula is C14H21NO4. The molecule has 0 saturated heterocycles. The highest BCUT2D eigenvalue weighted by atomic mass is 16.5. The predicted molar refractivity (Wildman–Crippen MR) is 72.2 cm³/mol. The van der Waals surface area contributed by atoms with Crippen LogP contribution in [-0.2, 0) is 0 Å². The van der Waals surface area contributed by atoms with E-state index in [9.17, 15) is 9.90 Å². The molecule has 19 heavy (non-hydrogen) atoms. The maximum absolute atomic E-state index is 11.9. The summed E-state index contributed by atoms with van der Waals surface area (Å²) in [7, 11) is 0. The molecule has 0 saturated carbocycles. The topological polar surface area (TPSA) is 78.8 Å². The van der Waals surface area contributed by atoms with Crippen molar-refractivity contribution in [2.24, 2.45) is 0 Å². The number of benzene rings is 1. The largest absolute Gasteiger partial charge is 0.491 e. The summed E-state index contributed by atoms with van der Waals surface area (Å²) in [5.41, 5.74) is -0.867. The van der Waals surface area contributed by atoms with Crippen molar-refractivity contribution < 1.29 is 19.7 Å². The lowest BCUT2D eigenvalue weighted by Gasteiger charge is -2.20. The summed E-state index contributed by atoms with van der Waals surface area (Å²) in [5, 5.41) is 21.1. The van der Waals surface area contributed by atoms with Gasteiger partial charge in [-0.2, -0.15) is 0 Å². The van der Waals surface area contributed by atoms with Gasteiger partial charge in [0.15, 0.2) is 0 Å². The number of nitrogens with one attached hydrogen (secondary N) is 1. The molecule has 106 valence electrons. The molecular weight excluding hydrogens is 246 g/mol. The zero-order valence-corrected chi connectivity index (χ0v) is 11.5. The summed E-state index contributed by atoms with van der Waals surface area (Å²) in [6.45, 7) is 4.84. The highest BCUT2D eigenvalue weighted by Crippen LogP contribution is 2.15. The Morgan fingerprint density at radius 3 is 2.74 bits per heavy atom. The van der Waals surface area contributed by atoms with Crippen LogP contribution < -0.4 is 10.1 Å². The molecule has 0 spiro atoms. The van der Waals surface area contributed by atoms with Gasteiger partial charge in [0.1, 0.15) is 11.4 Å². The van der Waals surface area contributed by atoms with Gasteiger partial charge >= 0.3 is 0 Å². The minimum Gasteiger partial charge on any atom is -0.491 e. The van der Waals surface area contributed by atoms with E-state index in [1.165, 1.54) is 6.92 Å². The highest BCUT2D eigenvalue weighted by Gasteiger charge is 2.20. The van der Waals surface area contributed by atoms with E-state index in [2.05, 4.69) is 5.32 Å². The summed E-state index contributed by atoms with van der Waals surface area (Å²) in [4.78, 5) is 11.9. The van der Waals surface area contributed by atoms with E-state index < -0.39 is 12.2 Å². The third kappa shape index (κ3) is 5.28. The second-order valence-electron chi connectivity index (χ2n) is 5.03. The average molecular weight is 267 g/mol. The lowest BCUT2D eigenvalue weighted by molar-refractivity contribution is 0.00320. The van der Waals surface area contributed by atoms with Crippen molar-refractivity contribution in [2.75, 3.05) is 13.2 Å². The number of ether oxygens (including phenoxy) is 1. The van der Waals surface area contributed by atoms with Gasteiger partial charge in [0, 0.05) is 12.1 Å². The second-order valence-corrected chi connectivity index (χ2v) is 5.03. The summed E-state index contributed by atoms with van der Waals surface area (Å²) in [6, 6.07) is 6.82. The summed E-state index contributed by atoms with van der Waals surface area (Å²) >= 11 is 0. The average Bonchev–Trinajstić information content (AvgIpc) is 2.35. The minimum absolute atomic E-state index is 0.0163. The van der Waals surface area contributed by atoms with Crippen molar-refractivity contribution in [3.05, 3.63) is 29.8 Å². The Balaban J connectivity index is 2.67. The molecule has 3 N–H and O–H groups in total. The molecule has 1 rings (SSSR count). The van der Waals surface area contributed by atoms with E-state index in [4.69, 9.17) is 9.84 Å². The van der Waals surface area contributed by atoms with Crippen molar-refractivity contribution in [1.29, 1.82) is 0 Å². The van der Waals surface area contributed by atoms with Crippen molar-refractivity contribution >= 4 is 5.91 Å². The SMILES string of the molecule is CC(C)Oc1cccc(C(=O)NCC(C)(O)CO)c1. The molecule has 1 unspecified atom stereocenters. The molecule has 0 aromatic heterocycles. The van der Waals surface area contributed by atoms with Crippen molar-refractivity contribution in [1.82, 2.24) is 5.32 Å². The number of amides is 1. The predicted octanol–water partition coefficient (Wildman–Crippen LogP) is 0.947. The number of rotatable bonds is 6. The Hall–Kier alpha value is -1.59. The Bertz CT molecular complexity index is 429. The first kappa shape index (κ1) is 15.5. The molecule has 1 atom stereocenters. The van der Waals surface area contributed by atoms with E-state index in [0.29, 0.717) is 11.3 Å². The Kier molecular flexibility index (Phi) is 5.32. The van der Waals surface area contributed by atoms with Gasteiger partial charge in [-0.3, -0.25) is 4.79 Å². The highest BCUT2D eigenvalue weighted by molar-refractivity contribution is 5.94. The minimum atomic E-state index is -1.32. The van der Waals surface area contributed by atoms with Crippen LogP contribution >= 0.6 is 0 Å². The van der Waals surface area contributed by atoms with Crippen LogP contribution in [0.15, 0.2) is 24.3 Å². The maximum atomic E-state index is 11.9. The molecule has 0 radical (unpaired) electrons. The van der Waals surface area contributed by atoms with Crippen LogP contribution in [0, 0.1) is 0 Å². The van der Waals surface area contributed by atoms with E-state index in [1.807, 2.05) is 13.8 Å². The number of carbonyl (C=O) groups is 1. The third-order valence-electron chi connectivity index (χ3n) is 2.44. The normalized spacial score (nSPS) is 14.0. The van der Waals surface area contributed by atoms with Crippen LogP contribution in [0.25, 0.3) is 0 Å². The second kappa shape index (κ2) is 6.54. The monoisotopic (exact) mass is 267 g/mol. The first-order valence-corrected chi connectivity index (χ1v) is 6.22. The molecule has 0 fully saturated rings. The zero-order chi connectivity index (χ0) is 14.5. The van der Waals surface area contributed by atoms with Crippen LogP contribution in [0.2, 0.25) is 0 Å². The number of aliphatic hydroxyl groups is 2. The van der Waals surface area contributed by atoms with Crippen molar-refractivity contribution in [2.45, 2.75) is 32.5 Å². The van der Waals surface area contributed by atoms with Gasteiger partial charge in [-0.15, -0.1) is 0 Å². The number of hydrogen-bond acceptors (Lipinski definition) is 4. The molecule has 0 aliphatic carbocycles. The fourth-order valence-corrected chi connectivity index (χ4v) is 1.41. The quantitative estimate of drug-likeness (QED) is 0.717. The number of carbonyl (C=O) groups excluding carboxylic acids is 1. The smallest absolute Gasteiger partial charge is 0.251 e. The van der Waals surface area contributed by atoms with Crippen LogP contribution in [0.3, 0.4) is 0 Å². The Morgan fingerprint density at radius 2 is 2.16 bits per heavy atom. The fourth-order valence-electron chi connectivity index (χ4n) is 1.41. The Morgan fingerprint density at radius 1 is 1.47 bits per heavy atom. The van der Waals surface area contributed by atoms with E-state index in [1.54, 1.807) is 24.3 Å². The molecule has 0 heterocycles. The van der Waals surface area contributed by atoms with Crippen LogP contribution in [-0.4, -0.2) is 41.0 Å². The third-order valence-corrected chi connectivity index (χ3v) is 2.44. The maximum Gasteiger partial charge on any atom is 0.251 e. The van der Waals surface area contributed by atoms with Crippen molar-refractivity contribution in [3.8, 4) is 5.75 Å². The van der Waals surface area contributed by atoms with Gasteiger partial charge in [-0.1, -0.05) is 6.07 Å². The zero-order valence-electron chi connectivity index (χ0n) is 11.5. The molecule has 0 bridgehead atoms. The molecule has 0 aliphatic rings. The lowest BCUT2D eigenvalue weighted by Crippen LogP contribution is -2.43. The molecule has 0 aliphatic heterocycles. The number of aliphatic hydroxyl groups excluding tert-OH is 1. The Labute approximate surface area is 113 Å². The van der Waals surface area contributed by atoms with Gasteiger partial charge in [-0.25, -0.2) is 0 Å². The van der Waals surface area contributed by atoms with Gasteiger partial charge in [0.25, 0.3) is 5.91 Å². The molecule has 1 aromatic carbocycles. The number of hydrogen-bond donors (Lipinski definition) is 3. The van der Waals surface area contributed by atoms with Crippen molar-refractivity contribution in [3.63, 3.8) is 0 Å².